The van der Waals surface area contributed by atoms with Gasteiger partial charge >= 0.3 is 0 Å². The van der Waals surface area contributed by atoms with Crippen molar-refractivity contribution in [2.45, 2.75) is 44.9 Å². The Labute approximate surface area is 106 Å². The van der Waals surface area contributed by atoms with Crippen LogP contribution < -0.4 is 0 Å². The Morgan fingerprint density at radius 1 is 1.06 bits per heavy atom. The van der Waals surface area contributed by atoms with Crippen LogP contribution >= 0.6 is 0 Å². The van der Waals surface area contributed by atoms with Gasteiger partial charge in [-0.2, -0.15) is 0 Å². The van der Waals surface area contributed by atoms with Crippen molar-refractivity contribution in [2.75, 3.05) is 20.1 Å². The SMILES string of the molecule is CN1CCC(c2ccccc2C(C)(C)C)CC1. The van der Waals surface area contributed by atoms with Gasteiger partial charge in [0, 0.05) is 0 Å². The number of piperidine rings is 1. The van der Waals surface area contributed by atoms with Gasteiger partial charge in [0.15, 0.2) is 0 Å². The van der Waals surface area contributed by atoms with Gasteiger partial charge in [-0.1, -0.05) is 45.0 Å². The smallest absolute Gasteiger partial charge is 0.00159 e. The maximum absolute atomic E-state index is 2.44. The van der Waals surface area contributed by atoms with E-state index < -0.39 is 0 Å². The Morgan fingerprint density at radius 3 is 2.24 bits per heavy atom. The lowest BCUT2D eigenvalue weighted by Gasteiger charge is -2.33. The Bertz CT molecular complexity index is 367. The fourth-order valence-electron chi connectivity index (χ4n) is 2.86. The van der Waals surface area contributed by atoms with Crippen LogP contribution in [0, 0.1) is 0 Å². The molecule has 0 saturated carbocycles. The monoisotopic (exact) mass is 231 g/mol. The summed E-state index contributed by atoms with van der Waals surface area (Å²) in [5.74, 6) is 0.765. The zero-order valence-electron chi connectivity index (χ0n) is 11.7. The lowest BCUT2D eigenvalue weighted by Crippen LogP contribution is -2.30. The van der Waals surface area contributed by atoms with E-state index in [-0.39, 0.29) is 5.41 Å². The highest BCUT2D eigenvalue weighted by molar-refractivity contribution is 5.35. The van der Waals surface area contributed by atoms with Gasteiger partial charge in [-0.15, -0.1) is 0 Å². The van der Waals surface area contributed by atoms with Crippen molar-refractivity contribution in [3.05, 3.63) is 35.4 Å². The maximum atomic E-state index is 2.44. The van der Waals surface area contributed by atoms with Crippen molar-refractivity contribution >= 4 is 0 Å². The molecule has 1 fully saturated rings. The molecule has 0 amide bonds. The summed E-state index contributed by atoms with van der Waals surface area (Å²) in [6.07, 6.45) is 2.62. The maximum Gasteiger partial charge on any atom is -0.00159 e. The van der Waals surface area contributed by atoms with E-state index in [0.717, 1.165) is 5.92 Å². The molecule has 1 aromatic carbocycles. The van der Waals surface area contributed by atoms with E-state index in [1.54, 1.807) is 5.56 Å². The van der Waals surface area contributed by atoms with Gasteiger partial charge in [0.25, 0.3) is 0 Å². The Kier molecular flexibility index (Phi) is 3.58. The highest BCUT2D eigenvalue weighted by Crippen LogP contribution is 2.35. The molecule has 0 unspecified atom stereocenters. The number of likely N-dealkylation sites (tertiary alicyclic amines) is 1. The number of rotatable bonds is 1. The van der Waals surface area contributed by atoms with E-state index in [0.29, 0.717) is 0 Å². The molecule has 17 heavy (non-hydrogen) atoms. The second-order valence-electron chi connectivity index (χ2n) is 6.41. The van der Waals surface area contributed by atoms with Gasteiger partial charge < -0.3 is 4.90 Å². The van der Waals surface area contributed by atoms with Gasteiger partial charge in [-0.25, -0.2) is 0 Å². The van der Waals surface area contributed by atoms with E-state index >= 15 is 0 Å². The third-order valence-corrected chi connectivity index (χ3v) is 3.93. The molecule has 94 valence electrons. The molecule has 1 aliphatic heterocycles. The minimum absolute atomic E-state index is 0.264. The van der Waals surface area contributed by atoms with Crippen LogP contribution in [0.25, 0.3) is 0 Å². The second kappa shape index (κ2) is 4.81. The second-order valence-corrected chi connectivity index (χ2v) is 6.41. The summed E-state index contributed by atoms with van der Waals surface area (Å²) in [4.78, 5) is 2.44. The van der Waals surface area contributed by atoms with E-state index in [2.05, 4.69) is 57.0 Å². The predicted octanol–water partition coefficient (Wildman–Crippen LogP) is 3.79. The molecular weight excluding hydrogens is 206 g/mol. The first kappa shape index (κ1) is 12.6. The lowest BCUT2D eigenvalue weighted by molar-refractivity contribution is 0.254. The van der Waals surface area contributed by atoms with E-state index in [1.165, 1.54) is 31.5 Å². The minimum atomic E-state index is 0.264. The molecule has 1 heteroatoms. The fourth-order valence-corrected chi connectivity index (χ4v) is 2.86. The summed E-state index contributed by atoms with van der Waals surface area (Å²) in [5, 5.41) is 0. The number of benzene rings is 1. The van der Waals surface area contributed by atoms with E-state index in [9.17, 15) is 0 Å². The summed E-state index contributed by atoms with van der Waals surface area (Å²) in [7, 11) is 2.23. The molecule has 0 atom stereocenters. The lowest BCUT2D eigenvalue weighted by atomic mass is 9.77. The van der Waals surface area contributed by atoms with Crippen LogP contribution in [-0.4, -0.2) is 25.0 Å². The zero-order valence-corrected chi connectivity index (χ0v) is 11.7. The molecule has 2 rings (SSSR count). The third kappa shape index (κ3) is 2.90. The van der Waals surface area contributed by atoms with Crippen molar-refractivity contribution in [3.63, 3.8) is 0 Å². The van der Waals surface area contributed by atoms with Crippen LogP contribution in [0.5, 0.6) is 0 Å². The summed E-state index contributed by atoms with van der Waals surface area (Å²) in [6, 6.07) is 9.03. The molecule has 1 aromatic rings. The fraction of sp³-hybridized carbons (Fsp3) is 0.625. The quantitative estimate of drug-likeness (QED) is 0.710. The Hall–Kier alpha value is -0.820. The van der Waals surface area contributed by atoms with Gasteiger partial charge in [0.1, 0.15) is 0 Å². The summed E-state index contributed by atoms with van der Waals surface area (Å²) in [6.45, 7) is 9.44. The van der Waals surface area contributed by atoms with Crippen molar-refractivity contribution in [1.82, 2.24) is 4.90 Å². The average molecular weight is 231 g/mol. The first-order chi connectivity index (χ1) is 7.98. The standard InChI is InChI=1S/C16H25N/c1-16(2,3)15-8-6-5-7-14(15)13-9-11-17(4)12-10-13/h5-8,13H,9-12H2,1-4H3. The van der Waals surface area contributed by atoms with Crippen LogP contribution in [0.3, 0.4) is 0 Å². The topological polar surface area (TPSA) is 3.24 Å². The van der Waals surface area contributed by atoms with Crippen LogP contribution in [-0.2, 0) is 5.41 Å². The molecule has 0 aliphatic carbocycles. The molecule has 0 radical (unpaired) electrons. The molecule has 1 nitrogen and oxygen atoms in total. The van der Waals surface area contributed by atoms with Gasteiger partial charge in [0.2, 0.25) is 0 Å². The summed E-state index contributed by atoms with van der Waals surface area (Å²) < 4.78 is 0. The minimum Gasteiger partial charge on any atom is -0.306 e. The highest BCUT2D eigenvalue weighted by atomic mass is 15.1. The molecule has 1 heterocycles. The molecule has 1 saturated heterocycles. The summed E-state index contributed by atoms with van der Waals surface area (Å²) >= 11 is 0. The molecule has 1 aliphatic rings. The Morgan fingerprint density at radius 2 is 1.65 bits per heavy atom. The molecule has 0 bridgehead atoms. The first-order valence-corrected chi connectivity index (χ1v) is 6.76. The van der Waals surface area contributed by atoms with Crippen molar-refractivity contribution in [3.8, 4) is 0 Å². The van der Waals surface area contributed by atoms with Gasteiger partial charge in [-0.05, 0) is 55.4 Å². The molecule has 0 aromatic heterocycles. The predicted molar refractivity (Wildman–Crippen MR) is 74.6 cm³/mol. The summed E-state index contributed by atoms with van der Waals surface area (Å²) in [5.41, 5.74) is 3.39. The first-order valence-electron chi connectivity index (χ1n) is 6.76. The zero-order chi connectivity index (χ0) is 12.5. The molecule has 0 N–H and O–H groups in total. The van der Waals surface area contributed by atoms with E-state index in [1.807, 2.05) is 0 Å². The molecule has 0 spiro atoms. The number of hydrogen-bond acceptors (Lipinski definition) is 1. The average Bonchev–Trinajstić information content (AvgIpc) is 2.29. The van der Waals surface area contributed by atoms with Crippen LogP contribution in [0.2, 0.25) is 0 Å². The highest BCUT2D eigenvalue weighted by Gasteiger charge is 2.24. The molecular formula is C16H25N. The van der Waals surface area contributed by atoms with E-state index in [4.69, 9.17) is 0 Å². The largest absolute Gasteiger partial charge is 0.306 e. The van der Waals surface area contributed by atoms with Crippen LogP contribution in [0.1, 0.15) is 50.7 Å². The van der Waals surface area contributed by atoms with Crippen molar-refractivity contribution in [2.24, 2.45) is 0 Å². The number of nitrogens with zero attached hydrogens (tertiary/aromatic N) is 1. The van der Waals surface area contributed by atoms with Crippen molar-refractivity contribution < 1.29 is 0 Å². The van der Waals surface area contributed by atoms with Crippen molar-refractivity contribution in [1.29, 1.82) is 0 Å². The normalized spacial score (nSPS) is 19.5. The van der Waals surface area contributed by atoms with Gasteiger partial charge in [-0.3, -0.25) is 0 Å². The van der Waals surface area contributed by atoms with Gasteiger partial charge in [0.05, 0.1) is 0 Å². The van der Waals surface area contributed by atoms with Crippen LogP contribution in [0.4, 0.5) is 0 Å². The Balaban J connectivity index is 2.26. The van der Waals surface area contributed by atoms with Crippen LogP contribution in [0.15, 0.2) is 24.3 Å². The third-order valence-electron chi connectivity index (χ3n) is 3.93. The number of hydrogen-bond donors (Lipinski definition) is 0.